The molecule has 2 N–H and O–H groups in total. The Hall–Kier alpha value is -0.700. The number of ether oxygens (including phenoxy) is 2. The van der Waals surface area contributed by atoms with Crippen LogP contribution >= 0.6 is 30.0 Å². The van der Waals surface area contributed by atoms with Gasteiger partial charge in [0.1, 0.15) is 10.9 Å². The largest absolute Gasteiger partial charge is 0.494 e. The fraction of sp³-hybridized carbons (Fsp3) is 0.708. The van der Waals surface area contributed by atoms with Crippen LogP contribution in [0.2, 0.25) is 0 Å². The van der Waals surface area contributed by atoms with E-state index in [9.17, 15) is 9.36 Å². The lowest BCUT2D eigenvalue weighted by molar-refractivity contribution is -0.122. The van der Waals surface area contributed by atoms with Gasteiger partial charge >= 0.3 is 0 Å². The topological polar surface area (TPSA) is 91.1 Å². The zero-order valence-electron chi connectivity index (χ0n) is 20.4. The van der Waals surface area contributed by atoms with Gasteiger partial charge in [-0.15, -0.1) is 0 Å². The molecule has 192 valence electrons. The molecule has 10 heteroatoms. The van der Waals surface area contributed by atoms with Crippen molar-refractivity contribution in [2.45, 2.75) is 73.9 Å². The van der Waals surface area contributed by atoms with Crippen molar-refractivity contribution in [2.75, 3.05) is 40.1 Å². The molecular formula is C24H39N2O5PS2. The van der Waals surface area contributed by atoms with Crippen LogP contribution in [0.4, 0.5) is 0 Å². The fourth-order valence-electron chi connectivity index (χ4n) is 4.41. The van der Waals surface area contributed by atoms with Crippen molar-refractivity contribution in [2.24, 2.45) is 5.73 Å². The number of unbranched alkanes of at least 4 members (excludes halogenated alkanes) is 1. The number of hydrogen-bond acceptors (Lipinski definition) is 8. The Morgan fingerprint density at radius 3 is 2.50 bits per heavy atom. The van der Waals surface area contributed by atoms with Crippen LogP contribution in [0.15, 0.2) is 29.2 Å². The summed E-state index contributed by atoms with van der Waals surface area (Å²) in [6.45, 7) is 4.10. The number of hydrogen-bond donors (Lipinski definition) is 1. The SMILES string of the molecule is CN(CCCCOc1ccc(SP(C)(=O)C2(C(N)=O)CCOCC2)cc1)SOC1CCCCC1. The van der Waals surface area contributed by atoms with E-state index < -0.39 is 17.4 Å². The summed E-state index contributed by atoms with van der Waals surface area (Å²) in [5.74, 6) is 0.299. The highest BCUT2D eigenvalue weighted by Crippen LogP contribution is 2.70. The van der Waals surface area contributed by atoms with Crippen LogP contribution in [-0.2, 0) is 18.3 Å². The van der Waals surface area contributed by atoms with Crippen LogP contribution in [0.25, 0.3) is 0 Å². The molecule has 0 spiro atoms. The molecular weight excluding hydrogens is 491 g/mol. The number of carbonyl (C=O) groups excluding carboxylic acids is 1. The molecule has 1 aromatic rings. The number of benzene rings is 1. The van der Waals surface area contributed by atoms with E-state index in [-0.39, 0.29) is 0 Å². The van der Waals surface area contributed by atoms with Crippen LogP contribution in [-0.4, -0.2) is 61.6 Å². The van der Waals surface area contributed by atoms with Crippen molar-refractivity contribution in [1.82, 2.24) is 4.31 Å². The summed E-state index contributed by atoms with van der Waals surface area (Å²) in [4.78, 5) is 13.1. The maximum Gasteiger partial charge on any atom is 0.232 e. The highest BCUT2D eigenvalue weighted by atomic mass is 32.7. The average molecular weight is 531 g/mol. The summed E-state index contributed by atoms with van der Waals surface area (Å²) in [6.07, 6.45) is 6.54. The third-order valence-electron chi connectivity index (χ3n) is 6.65. The average Bonchev–Trinajstić information content (AvgIpc) is 2.84. The van der Waals surface area contributed by atoms with Crippen molar-refractivity contribution in [3.63, 3.8) is 0 Å². The third kappa shape index (κ3) is 7.90. The summed E-state index contributed by atoms with van der Waals surface area (Å²) in [7, 11) is 2.07. The molecule has 1 saturated carbocycles. The molecule has 2 fully saturated rings. The molecule has 0 radical (unpaired) electrons. The molecule has 1 aliphatic heterocycles. The van der Waals surface area contributed by atoms with Gasteiger partial charge in [-0.2, -0.15) is 0 Å². The Morgan fingerprint density at radius 2 is 1.85 bits per heavy atom. The Morgan fingerprint density at radius 1 is 1.18 bits per heavy atom. The Kier molecular flexibility index (Phi) is 11.1. The monoisotopic (exact) mass is 530 g/mol. The maximum atomic E-state index is 13.6. The highest BCUT2D eigenvalue weighted by Gasteiger charge is 2.51. The molecule has 3 rings (SSSR count). The summed E-state index contributed by atoms with van der Waals surface area (Å²) >= 11 is 2.75. The second kappa shape index (κ2) is 13.6. The number of amides is 1. The zero-order chi connectivity index (χ0) is 24.4. The van der Waals surface area contributed by atoms with Gasteiger partial charge in [0.15, 0.2) is 6.34 Å². The number of carbonyl (C=O) groups is 1. The van der Waals surface area contributed by atoms with E-state index in [1.165, 1.54) is 55.7 Å². The van der Waals surface area contributed by atoms with Crippen LogP contribution in [0.5, 0.6) is 5.75 Å². The minimum Gasteiger partial charge on any atom is -0.494 e. The summed E-state index contributed by atoms with van der Waals surface area (Å²) in [5.41, 5.74) is 5.70. The number of primary amides is 1. The van der Waals surface area contributed by atoms with Gasteiger partial charge in [-0.25, -0.2) is 4.31 Å². The maximum absolute atomic E-state index is 13.6. The second-order valence-corrected chi connectivity index (χ2v) is 16.1. The molecule has 7 nitrogen and oxygen atoms in total. The minimum absolute atomic E-state index is 0.407. The third-order valence-corrected chi connectivity index (χ3v) is 13.2. The van der Waals surface area contributed by atoms with Gasteiger partial charge in [0.2, 0.25) is 5.91 Å². The van der Waals surface area contributed by atoms with Gasteiger partial charge < -0.3 is 19.8 Å². The van der Waals surface area contributed by atoms with Gasteiger partial charge in [-0.05, 0) is 76.5 Å². The number of rotatable bonds is 13. The van der Waals surface area contributed by atoms with E-state index in [0.717, 1.165) is 30.0 Å². The van der Waals surface area contributed by atoms with Crippen molar-refractivity contribution < 1.29 is 23.0 Å². The van der Waals surface area contributed by atoms with E-state index in [0.29, 0.717) is 38.8 Å². The molecule has 1 aromatic carbocycles. The van der Waals surface area contributed by atoms with Crippen molar-refractivity contribution in [3.05, 3.63) is 24.3 Å². The predicted octanol–water partition coefficient (Wildman–Crippen LogP) is 5.72. The van der Waals surface area contributed by atoms with Gasteiger partial charge in [-0.1, -0.05) is 30.6 Å². The summed E-state index contributed by atoms with van der Waals surface area (Å²) in [5, 5.41) is -1.00. The zero-order valence-corrected chi connectivity index (χ0v) is 22.9. The fourth-order valence-corrected chi connectivity index (χ4v) is 10.2. The van der Waals surface area contributed by atoms with Gasteiger partial charge in [0.25, 0.3) is 0 Å². The Balaban J connectivity index is 1.36. The number of nitrogens with zero attached hydrogens (tertiary/aromatic N) is 1. The van der Waals surface area contributed by atoms with E-state index in [2.05, 4.69) is 11.4 Å². The first-order valence-electron chi connectivity index (χ1n) is 12.2. The lowest BCUT2D eigenvalue weighted by atomic mass is 9.98. The number of nitrogens with two attached hydrogens (primary N) is 1. The van der Waals surface area contributed by atoms with Crippen molar-refractivity contribution >= 4 is 35.9 Å². The van der Waals surface area contributed by atoms with Crippen LogP contribution in [0.1, 0.15) is 57.8 Å². The van der Waals surface area contributed by atoms with Gasteiger partial charge in [0, 0.05) is 24.7 Å². The van der Waals surface area contributed by atoms with E-state index in [1.54, 1.807) is 6.66 Å². The second-order valence-electron chi connectivity index (χ2n) is 9.25. The normalized spacial score (nSPS) is 20.7. The molecule has 1 amide bonds. The van der Waals surface area contributed by atoms with E-state index >= 15 is 0 Å². The lowest BCUT2D eigenvalue weighted by Gasteiger charge is -2.38. The first kappa shape index (κ1) is 27.9. The molecule has 1 unspecified atom stereocenters. The molecule has 0 bridgehead atoms. The summed E-state index contributed by atoms with van der Waals surface area (Å²) in [6, 6.07) is 7.58. The quantitative estimate of drug-likeness (QED) is 0.150. The Labute approximate surface area is 212 Å². The summed E-state index contributed by atoms with van der Waals surface area (Å²) < 4.78 is 32.9. The highest BCUT2D eigenvalue weighted by molar-refractivity contribution is 8.58. The standard InChI is InChI=1S/C24H39N2O5PS2/c1-26(34-31-21-8-4-3-5-9-21)16-6-7-17-30-20-10-12-22(13-11-20)33-32(2,28)24(23(25)27)14-18-29-19-15-24/h10-13,21H,3-9,14-19H2,1-2H3,(H2,25,27). The van der Waals surface area contributed by atoms with Crippen LogP contribution < -0.4 is 10.5 Å². The van der Waals surface area contributed by atoms with Crippen molar-refractivity contribution in [3.8, 4) is 5.75 Å². The van der Waals surface area contributed by atoms with Crippen molar-refractivity contribution in [1.29, 1.82) is 0 Å². The van der Waals surface area contributed by atoms with Gasteiger partial charge in [0.05, 0.1) is 24.9 Å². The van der Waals surface area contributed by atoms with Gasteiger partial charge in [-0.3, -0.25) is 8.98 Å². The lowest BCUT2D eigenvalue weighted by Crippen LogP contribution is -2.47. The first-order valence-corrected chi connectivity index (χ1v) is 16.5. The molecule has 1 saturated heterocycles. The first-order chi connectivity index (χ1) is 16.3. The van der Waals surface area contributed by atoms with Crippen LogP contribution in [0.3, 0.4) is 0 Å². The molecule has 1 heterocycles. The van der Waals surface area contributed by atoms with E-state index in [1.807, 2.05) is 24.3 Å². The minimum atomic E-state index is -2.94. The molecule has 34 heavy (non-hydrogen) atoms. The Bertz CT molecular complexity index is 814. The molecule has 1 atom stereocenters. The van der Waals surface area contributed by atoms with Crippen LogP contribution in [0, 0.1) is 0 Å². The van der Waals surface area contributed by atoms with E-state index in [4.69, 9.17) is 19.4 Å². The predicted molar refractivity (Wildman–Crippen MR) is 141 cm³/mol. The molecule has 1 aliphatic carbocycles. The molecule has 0 aromatic heterocycles. The smallest absolute Gasteiger partial charge is 0.232 e. The molecule has 2 aliphatic rings.